The fourth-order valence-electron chi connectivity index (χ4n) is 1.72. The molecule has 2 aromatic carbocycles. The third kappa shape index (κ3) is 6.86. The first-order valence-corrected chi connectivity index (χ1v) is 7.88. The second-order valence-corrected chi connectivity index (χ2v) is 5.48. The minimum absolute atomic E-state index is 0.170. The molecule has 0 fully saturated rings. The molecule has 0 aliphatic rings. The maximum absolute atomic E-state index is 11.6. The van der Waals surface area contributed by atoms with Gasteiger partial charge in [0.15, 0.2) is 0 Å². The van der Waals surface area contributed by atoms with Gasteiger partial charge in [-0.2, -0.15) is 0 Å². The van der Waals surface area contributed by atoms with Crippen LogP contribution in [-0.4, -0.2) is 19.1 Å². The molecule has 0 aromatic heterocycles. The smallest absolute Gasteiger partial charge is 0.244 e. The summed E-state index contributed by atoms with van der Waals surface area (Å²) in [6, 6.07) is 17.2. The van der Waals surface area contributed by atoms with Crippen LogP contribution in [-0.2, 0) is 4.79 Å². The zero-order chi connectivity index (χ0) is 16.3. The summed E-state index contributed by atoms with van der Waals surface area (Å²) in [6.07, 6.45) is 3.26. The van der Waals surface area contributed by atoms with Gasteiger partial charge in [-0.25, -0.2) is 0 Å². The maximum Gasteiger partial charge on any atom is 0.244 e. The van der Waals surface area contributed by atoms with Crippen LogP contribution < -0.4 is 10.1 Å². The Morgan fingerprint density at radius 3 is 2.74 bits per heavy atom. The lowest BCUT2D eigenvalue weighted by Gasteiger charge is -2.01. The van der Waals surface area contributed by atoms with Crippen molar-refractivity contribution in [2.45, 2.75) is 0 Å². The van der Waals surface area contributed by atoms with Crippen LogP contribution in [0.25, 0.3) is 6.08 Å². The summed E-state index contributed by atoms with van der Waals surface area (Å²) >= 11 is 3.37. The number of carbonyl (C=O) groups excluding carboxylic acids is 1. The molecule has 4 heteroatoms. The monoisotopic (exact) mass is 369 g/mol. The Hall–Kier alpha value is -2.51. The summed E-state index contributed by atoms with van der Waals surface area (Å²) in [7, 11) is 0. The normalized spacial score (nSPS) is 9.96. The molecule has 1 amide bonds. The van der Waals surface area contributed by atoms with Crippen LogP contribution in [0.1, 0.15) is 5.56 Å². The summed E-state index contributed by atoms with van der Waals surface area (Å²) < 4.78 is 6.43. The van der Waals surface area contributed by atoms with Gasteiger partial charge in [0.05, 0.1) is 6.54 Å². The van der Waals surface area contributed by atoms with Crippen molar-refractivity contribution in [1.29, 1.82) is 0 Å². The topological polar surface area (TPSA) is 38.3 Å². The number of nitrogens with one attached hydrogen (secondary N) is 1. The third-order valence-corrected chi connectivity index (χ3v) is 3.30. The zero-order valence-corrected chi connectivity index (χ0v) is 14.0. The van der Waals surface area contributed by atoms with Crippen molar-refractivity contribution in [3.8, 4) is 17.6 Å². The quantitative estimate of drug-likeness (QED) is 0.645. The Balaban J connectivity index is 1.67. The SMILES string of the molecule is O=C(/C=C/c1ccccc1)NCC#CCOc1cccc(Br)c1. The molecule has 0 unspecified atom stereocenters. The minimum atomic E-state index is -0.170. The van der Waals surface area contributed by atoms with Gasteiger partial charge in [0.25, 0.3) is 0 Å². The summed E-state index contributed by atoms with van der Waals surface area (Å²) in [5.74, 6) is 6.29. The van der Waals surface area contributed by atoms with Crippen molar-refractivity contribution in [1.82, 2.24) is 5.32 Å². The average Bonchev–Trinajstić information content (AvgIpc) is 2.57. The van der Waals surface area contributed by atoms with Crippen LogP contribution in [0.4, 0.5) is 0 Å². The van der Waals surface area contributed by atoms with Crippen molar-refractivity contribution in [2.24, 2.45) is 0 Å². The van der Waals surface area contributed by atoms with Gasteiger partial charge in [-0.05, 0) is 29.8 Å². The number of benzene rings is 2. The van der Waals surface area contributed by atoms with E-state index in [9.17, 15) is 4.79 Å². The van der Waals surface area contributed by atoms with Crippen molar-refractivity contribution in [2.75, 3.05) is 13.2 Å². The second-order valence-electron chi connectivity index (χ2n) is 4.56. The lowest BCUT2D eigenvalue weighted by molar-refractivity contribution is -0.116. The standard InChI is InChI=1S/C19H16BrNO2/c20-17-9-6-10-18(15-17)23-14-5-4-13-21-19(22)12-11-16-7-2-1-3-8-16/h1-3,6-12,15H,13-14H2,(H,21,22)/b12-11+. The highest BCUT2D eigenvalue weighted by Crippen LogP contribution is 2.17. The van der Waals surface area contributed by atoms with Gasteiger partial charge in [-0.3, -0.25) is 4.79 Å². The number of hydrogen-bond donors (Lipinski definition) is 1. The number of halogens is 1. The van der Waals surface area contributed by atoms with Crippen molar-refractivity contribution in [3.05, 3.63) is 70.7 Å². The number of carbonyl (C=O) groups is 1. The highest BCUT2D eigenvalue weighted by molar-refractivity contribution is 9.10. The van der Waals surface area contributed by atoms with Crippen LogP contribution >= 0.6 is 15.9 Å². The molecule has 23 heavy (non-hydrogen) atoms. The first-order chi connectivity index (χ1) is 11.2. The fourth-order valence-corrected chi connectivity index (χ4v) is 2.09. The largest absolute Gasteiger partial charge is 0.481 e. The summed E-state index contributed by atoms with van der Waals surface area (Å²) in [5, 5.41) is 2.70. The van der Waals surface area contributed by atoms with Crippen LogP contribution in [0.5, 0.6) is 5.75 Å². The predicted octanol–water partition coefficient (Wildman–Crippen LogP) is 3.66. The van der Waals surface area contributed by atoms with Gasteiger partial charge < -0.3 is 10.1 Å². The Labute approximate surface area is 144 Å². The number of rotatable bonds is 5. The van der Waals surface area contributed by atoms with Gasteiger partial charge in [0, 0.05) is 10.5 Å². The van der Waals surface area contributed by atoms with Gasteiger partial charge in [0.1, 0.15) is 12.4 Å². The van der Waals surface area contributed by atoms with Gasteiger partial charge in [-0.1, -0.05) is 64.2 Å². The van der Waals surface area contributed by atoms with E-state index in [-0.39, 0.29) is 12.5 Å². The molecule has 0 saturated carbocycles. The first kappa shape index (κ1) is 16.9. The Morgan fingerprint density at radius 1 is 1.13 bits per heavy atom. The Bertz CT molecular complexity index is 730. The number of hydrogen-bond acceptors (Lipinski definition) is 2. The molecular weight excluding hydrogens is 354 g/mol. The molecule has 2 rings (SSSR count). The van der Waals surface area contributed by atoms with E-state index in [1.165, 1.54) is 6.08 Å². The van der Waals surface area contributed by atoms with Gasteiger partial charge in [0.2, 0.25) is 5.91 Å². The van der Waals surface area contributed by atoms with E-state index in [0.717, 1.165) is 15.8 Å². The number of ether oxygens (including phenoxy) is 1. The maximum atomic E-state index is 11.6. The highest BCUT2D eigenvalue weighted by atomic mass is 79.9. The second kappa shape index (κ2) is 9.50. The van der Waals surface area contributed by atoms with E-state index in [2.05, 4.69) is 33.1 Å². The molecule has 0 aliphatic heterocycles. The molecule has 2 aromatic rings. The molecule has 0 bridgehead atoms. The summed E-state index contributed by atoms with van der Waals surface area (Å²) in [4.78, 5) is 11.6. The molecule has 0 spiro atoms. The molecule has 116 valence electrons. The zero-order valence-electron chi connectivity index (χ0n) is 12.5. The summed E-state index contributed by atoms with van der Waals surface area (Å²) in [6.45, 7) is 0.575. The van der Waals surface area contributed by atoms with Crippen LogP contribution in [0.2, 0.25) is 0 Å². The van der Waals surface area contributed by atoms with E-state index in [4.69, 9.17) is 4.74 Å². The van der Waals surface area contributed by atoms with Gasteiger partial charge >= 0.3 is 0 Å². The molecule has 0 saturated heterocycles. The summed E-state index contributed by atoms with van der Waals surface area (Å²) in [5.41, 5.74) is 0.983. The minimum Gasteiger partial charge on any atom is -0.481 e. The molecule has 1 N–H and O–H groups in total. The fraction of sp³-hybridized carbons (Fsp3) is 0.105. The van der Waals surface area contributed by atoms with Crippen molar-refractivity contribution < 1.29 is 9.53 Å². The van der Waals surface area contributed by atoms with Crippen LogP contribution in [0.15, 0.2) is 65.1 Å². The predicted molar refractivity (Wildman–Crippen MR) is 95.9 cm³/mol. The first-order valence-electron chi connectivity index (χ1n) is 7.09. The molecule has 0 radical (unpaired) electrons. The number of amides is 1. The average molecular weight is 370 g/mol. The molecule has 0 atom stereocenters. The third-order valence-electron chi connectivity index (χ3n) is 2.81. The van der Waals surface area contributed by atoms with E-state index in [1.807, 2.05) is 54.6 Å². The van der Waals surface area contributed by atoms with E-state index in [1.54, 1.807) is 6.08 Å². The van der Waals surface area contributed by atoms with E-state index >= 15 is 0 Å². The molecule has 0 aliphatic carbocycles. The van der Waals surface area contributed by atoms with E-state index in [0.29, 0.717) is 6.54 Å². The van der Waals surface area contributed by atoms with Crippen LogP contribution in [0.3, 0.4) is 0 Å². The molecule has 3 nitrogen and oxygen atoms in total. The molecule has 0 heterocycles. The van der Waals surface area contributed by atoms with Gasteiger partial charge in [-0.15, -0.1) is 0 Å². The lowest BCUT2D eigenvalue weighted by atomic mass is 10.2. The Morgan fingerprint density at radius 2 is 1.96 bits per heavy atom. The molecular formula is C19H16BrNO2. The van der Waals surface area contributed by atoms with Crippen molar-refractivity contribution in [3.63, 3.8) is 0 Å². The Kier molecular flexibility index (Phi) is 6.96. The highest BCUT2D eigenvalue weighted by Gasteiger charge is 1.93. The lowest BCUT2D eigenvalue weighted by Crippen LogP contribution is -2.21. The van der Waals surface area contributed by atoms with Crippen molar-refractivity contribution >= 4 is 27.9 Å². The van der Waals surface area contributed by atoms with E-state index < -0.39 is 0 Å². The van der Waals surface area contributed by atoms with Crippen LogP contribution in [0, 0.1) is 11.8 Å².